The van der Waals surface area contributed by atoms with Gasteiger partial charge in [0.25, 0.3) is 0 Å². The lowest BCUT2D eigenvalue weighted by Crippen LogP contribution is -2.51. The van der Waals surface area contributed by atoms with Crippen molar-refractivity contribution in [2.75, 3.05) is 0 Å². The van der Waals surface area contributed by atoms with Crippen LogP contribution in [0.2, 0.25) is 0 Å². The highest BCUT2D eigenvalue weighted by Gasteiger charge is 2.56. The molecule has 12 fully saturated rings. The molecule has 0 amide bonds. The Balaban J connectivity index is 0.782. The van der Waals surface area contributed by atoms with Crippen molar-refractivity contribution in [1.29, 1.82) is 0 Å². The van der Waals surface area contributed by atoms with Gasteiger partial charge in [0.1, 0.15) is 0 Å². The highest BCUT2D eigenvalue weighted by molar-refractivity contribution is 5.18. The lowest BCUT2D eigenvalue weighted by Gasteiger charge is -2.59. The predicted molar refractivity (Wildman–Crippen MR) is 345 cm³/mol. The highest BCUT2D eigenvalue weighted by Crippen LogP contribution is 2.65. The summed E-state index contributed by atoms with van der Waals surface area (Å²) in [4.78, 5) is 0. The van der Waals surface area contributed by atoms with E-state index in [2.05, 4.69) is 31.6 Å². The average molecular weight is 1100 g/mol. The minimum Gasteiger partial charge on any atom is -0.0817 e. The van der Waals surface area contributed by atoms with Gasteiger partial charge < -0.3 is 0 Å². The van der Waals surface area contributed by atoms with Crippen molar-refractivity contribution < 1.29 is 0 Å². The van der Waals surface area contributed by atoms with Crippen LogP contribution in [0.5, 0.6) is 0 Å². The van der Waals surface area contributed by atoms with E-state index in [1.54, 1.807) is 154 Å². The molecule has 6 atom stereocenters. The van der Waals surface area contributed by atoms with Crippen LogP contribution < -0.4 is 0 Å². The third kappa shape index (κ3) is 13.8. The van der Waals surface area contributed by atoms with Crippen LogP contribution in [0.1, 0.15) is 361 Å². The first kappa shape index (κ1) is 59.8. The second kappa shape index (κ2) is 29.0. The standard InChI is InChI=1S/C80H134/c1-79(69-35-19-7-20-36-69,70-37-21-8-22-38-70)77-57-60(56-76(64-31-15-5-16-32-64)65-33-17-6-18-34-65)45-53-73(77)67-50-48-61(49-51-67)68-52-54-74(78(58-68)80(2,71-39-23-9-24-40-71)72-41-25-10-26-42-72)66-46-43-59(44-47-66)55-75(62-27-11-3-12-28-62)63-29-13-4-14-30-63/h55-56,59-74,77-78H,3-54,57-58H2,1-2H3. The van der Waals surface area contributed by atoms with Crippen LogP contribution in [0.3, 0.4) is 0 Å². The molecule has 0 nitrogen and oxygen atoms in total. The first-order chi connectivity index (χ1) is 39.4. The van der Waals surface area contributed by atoms with Crippen molar-refractivity contribution in [3.05, 3.63) is 23.3 Å². The Morgan fingerprint density at radius 2 is 0.500 bits per heavy atom. The van der Waals surface area contributed by atoms with Gasteiger partial charge in [0.15, 0.2) is 0 Å². The van der Waals surface area contributed by atoms with Crippen molar-refractivity contribution in [3.63, 3.8) is 0 Å². The molecule has 0 N–H and O–H groups in total. The van der Waals surface area contributed by atoms with Crippen molar-refractivity contribution in [3.8, 4) is 0 Å². The van der Waals surface area contributed by atoms with Gasteiger partial charge in [0.05, 0.1) is 0 Å². The molecule has 454 valence electrons. The molecule has 0 heterocycles. The molecule has 12 saturated carbocycles. The van der Waals surface area contributed by atoms with Crippen molar-refractivity contribution in [2.24, 2.45) is 117 Å². The van der Waals surface area contributed by atoms with E-state index in [1.165, 1.54) is 193 Å². The summed E-state index contributed by atoms with van der Waals surface area (Å²) in [5.41, 5.74) is 5.24. The van der Waals surface area contributed by atoms with Gasteiger partial charge in [-0.15, -0.1) is 0 Å². The van der Waals surface area contributed by atoms with Crippen LogP contribution >= 0.6 is 0 Å². The van der Waals surface area contributed by atoms with Gasteiger partial charge in [-0.05, 0) is 310 Å². The Morgan fingerprint density at radius 1 is 0.237 bits per heavy atom. The summed E-state index contributed by atoms with van der Waals surface area (Å²) >= 11 is 0. The molecule has 0 aromatic rings. The highest BCUT2D eigenvalue weighted by atomic mass is 14.6. The predicted octanol–water partition coefficient (Wildman–Crippen LogP) is 25.2. The Labute approximate surface area is 498 Å². The van der Waals surface area contributed by atoms with Crippen LogP contribution in [0.15, 0.2) is 23.3 Å². The molecule has 0 heteroatoms. The Bertz CT molecular complexity index is 1770. The first-order valence-corrected chi connectivity index (χ1v) is 38.9. The zero-order valence-electron chi connectivity index (χ0n) is 53.7. The van der Waals surface area contributed by atoms with Gasteiger partial charge in [-0.2, -0.15) is 0 Å². The van der Waals surface area contributed by atoms with Gasteiger partial charge in [-0.3, -0.25) is 0 Å². The van der Waals surface area contributed by atoms with Gasteiger partial charge in [0.2, 0.25) is 0 Å². The maximum atomic E-state index is 3.14. The Kier molecular flexibility index (Phi) is 21.7. The quantitative estimate of drug-likeness (QED) is 0.143. The molecule has 0 aliphatic heterocycles. The molecule has 80 heavy (non-hydrogen) atoms. The molecule has 0 spiro atoms. The second-order valence-corrected chi connectivity index (χ2v) is 33.8. The molecule has 0 bridgehead atoms. The summed E-state index contributed by atoms with van der Waals surface area (Å²) in [7, 11) is 0. The summed E-state index contributed by atoms with van der Waals surface area (Å²) in [6.45, 7) is 6.10. The summed E-state index contributed by atoms with van der Waals surface area (Å²) in [6, 6.07) is 0. The largest absolute Gasteiger partial charge is 0.0817 e. The van der Waals surface area contributed by atoms with E-state index in [0.29, 0.717) is 10.8 Å². The Hall–Kier alpha value is -0.520. The third-order valence-corrected chi connectivity index (χ3v) is 30.1. The van der Waals surface area contributed by atoms with E-state index in [4.69, 9.17) is 0 Å². The van der Waals surface area contributed by atoms with Gasteiger partial charge in [-0.1, -0.05) is 191 Å². The Morgan fingerprint density at radius 3 is 0.863 bits per heavy atom. The molecule has 0 aromatic heterocycles. The summed E-state index contributed by atoms with van der Waals surface area (Å²) in [5, 5.41) is 0. The fourth-order valence-corrected chi connectivity index (χ4v) is 25.7. The molecule has 12 aliphatic rings. The van der Waals surface area contributed by atoms with Crippen LogP contribution in [-0.2, 0) is 0 Å². The molecule has 12 rings (SSSR count). The maximum Gasteiger partial charge on any atom is -0.0200 e. The monoisotopic (exact) mass is 1100 g/mol. The van der Waals surface area contributed by atoms with Crippen LogP contribution in [0.4, 0.5) is 0 Å². The molecule has 0 saturated heterocycles. The lowest BCUT2D eigenvalue weighted by molar-refractivity contribution is -0.0953. The molecule has 12 aliphatic carbocycles. The van der Waals surface area contributed by atoms with E-state index < -0.39 is 0 Å². The van der Waals surface area contributed by atoms with Crippen LogP contribution in [-0.4, -0.2) is 0 Å². The first-order valence-electron chi connectivity index (χ1n) is 38.9. The summed E-state index contributed by atoms with van der Waals surface area (Å²) < 4.78 is 0. The fraction of sp³-hybridized carbons (Fsp3) is 0.950. The normalized spacial score (nSPS) is 37.0. The van der Waals surface area contributed by atoms with Crippen LogP contribution in [0.25, 0.3) is 0 Å². The molecule has 0 aromatic carbocycles. The smallest absolute Gasteiger partial charge is 0.0200 e. The zero-order valence-corrected chi connectivity index (χ0v) is 53.7. The number of hydrogen-bond acceptors (Lipinski definition) is 0. The van der Waals surface area contributed by atoms with E-state index in [0.717, 1.165) is 107 Å². The minimum absolute atomic E-state index is 0.571. The molecular weight excluding hydrogens is 961 g/mol. The average Bonchev–Trinajstić information content (AvgIpc) is 3.61. The van der Waals surface area contributed by atoms with Gasteiger partial charge in [0, 0.05) is 0 Å². The molecule has 0 radical (unpaired) electrons. The molecular formula is C80H134. The molecule has 6 unspecified atom stereocenters. The van der Waals surface area contributed by atoms with Gasteiger partial charge >= 0.3 is 0 Å². The third-order valence-electron chi connectivity index (χ3n) is 30.1. The maximum absolute atomic E-state index is 3.14. The summed E-state index contributed by atoms with van der Waals surface area (Å²) in [6.07, 6.45) is 89.8. The lowest BCUT2D eigenvalue weighted by atomic mass is 9.46. The van der Waals surface area contributed by atoms with Crippen molar-refractivity contribution in [1.82, 2.24) is 0 Å². The minimum atomic E-state index is 0.571. The number of rotatable bonds is 15. The second-order valence-electron chi connectivity index (χ2n) is 33.8. The van der Waals surface area contributed by atoms with E-state index in [9.17, 15) is 0 Å². The van der Waals surface area contributed by atoms with Gasteiger partial charge in [-0.25, -0.2) is 0 Å². The SMILES string of the molecule is CC(C1CCCCC1)(C1CCCCC1)C1CC(C=C(C2CCCCC2)C2CCCCC2)CCC1C1CCC(C2CCC(C3CCC(C=C(C4CCCCC4)C4CCCCC4)CC3)C(C(C)(C3CCCCC3)C3CCCCC3)C2)CC1. The van der Waals surface area contributed by atoms with Crippen LogP contribution in [0, 0.1) is 117 Å². The van der Waals surface area contributed by atoms with E-state index in [-0.39, 0.29) is 0 Å². The fourth-order valence-electron chi connectivity index (χ4n) is 25.7. The number of allylic oxidation sites excluding steroid dienone is 4. The zero-order chi connectivity index (χ0) is 54.1. The van der Waals surface area contributed by atoms with Crippen molar-refractivity contribution >= 4 is 0 Å². The van der Waals surface area contributed by atoms with Crippen molar-refractivity contribution in [2.45, 2.75) is 361 Å². The topological polar surface area (TPSA) is 0 Å². The number of hydrogen-bond donors (Lipinski definition) is 0. The van der Waals surface area contributed by atoms with E-state index in [1.807, 2.05) is 5.57 Å². The van der Waals surface area contributed by atoms with E-state index >= 15 is 0 Å². The summed E-state index contributed by atoms with van der Waals surface area (Å²) in [5.74, 6) is 17.7.